The molecular formula is C18H23FN2. The Bertz CT molecular complexity index is 623. The molecule has 1 unspecified atom stereocenters. The van der Waals surface area contributed by atoms with Gasteiger partial charge in [0, 0.05) is 11.4 Å². The van der Waals surface area contributed by atoms with Crippen molar-refractivity contribution >= 4 is 0 Å². The van der Waals surface area contributed by atoms with E-state index in [-0.39, 0.29) is 11.9 Å². The summed E-state index contributed by atoms with van der Waals surface area (Å²) >= 11 is 0. The maximum absolute atomic E-state index is 13.7. The van der Waals surface area contributed by atoms with E-state index in [9.17, 15) is 4.39 Å². The Morgan fingerprint density at radius 1 is 1.10 bits per heavy atom. The third-order valence-electron chi connectivity index (χ3n) is 3.73. The largest absolute Gasteiger partial charge is 0.306 e. The lowest BCUT2D eigenvalue weighted by Crippen LogP contribution is -2.25. The summed E-state index contributed by atoms with van der Waals surface area (Å²) in [5, 5.41) is 3.52. The van der Waals surface area contributed by atoms with E-state index in [2.05, 4.69) is 23.3 Å². The number of rotatable bonds is 5. The summed E-state index contributed by atoms with van der Waals surface area (Å²) in [5.41, 5.74) is 5.18. The van der Waals surface area contributed by atoms with Gasteiger partial charge in [-0.3, -0.25) is 4.98 Å². The van der Waals surface area contributed by atoms with Crippen LogP contribution < -0.4 is 5.32 Å². The van der Waals surface area contributed by atoms with Crippen molar-refractivity contribution in [2.75, 3.05) is 6.54 Å². The predicted molar refractivity (Wildman–Crippen MR) is 85.0 cm³/mol. The fraction of sp³-hybridized carbons (Fsp3) is 0.389. The Morgan fingerprint density at radius 2 is 1.86 bits per heavy atom. The van der Waals surface area contributed by atoms with Crippen LogP contribution in [0.1, 0.15) is 47.5 Å². The first-order valence-electron chi connectivity index (χ1n) is 7.46. The minimum Gasteiger partial charge on any atom is -0.306 e. The predicted octanol–water partition coefficient (Wildman–Crippen LogP) is 4.23. The highest BCUT2D eigenvalue weighted by Gasteiger charge is 2.18. The first-order valence-corrected chi connectivity index (χ1v) is 7.46. The SMILES string of the molecule is CCCNC(c1cc(F)ccc1C)c1ccc(C)nc1C. The second-order valence-corrected chi connectivity index (χ2v) is 5.52. The van der Waals surface area contributed by atoms with Crippen LogP contribution in [0.4, 0.5) is 4.39 Å². The van der Waals surface area contributed by atoms with Crippen LogP contribution in [0.5, 0.6) is 0 Å². The third kappa shape index (κ3) is 3.67. The van der Waals surface area contributed by atoms with Gasteiger partial charge in [-0.25, -0.2) is 4.39 Å². The van der Waals surface area contributed by atoms with Crippen molar-refractivity contribution in [3.63, 3.8) is 0 Å². The second kappa shape index (κ2) is 6.81. The molecule has 0 amide bonds. The molecule has 1 aromatic heterocycles. The van der Waals surface area contributed by atoms with Crippen molar-refractivity contribution in [3.8, 4) is 0 Å². The zero-order chi connectivity index (χ0) is 15.4. The van der Waals surface area contributed by atoms with E-state index in [0.717, 1.165) is 41.0 Å². The lowest BCUT2D eigenvalue weighted by Gasteiger charge is -2.23. The average Bonchev–Trinajstić information content (AvgIpc) is 2.44. The molecule has 1 aromatic carbocycles. The number of benzene rings is 1. The van der Waals surface area contributed by atoms with E-state index < -0.39 is 0 Å². The second-order valence-electron chi connectivity index (χ2n) is 5.52. The molecule has 0 saturated carbocycles. The third-order valence-corrected chi connectivity index (χ3v) is 3.73. The Balaban J connectivity index is 2.49. The van der Waals surface area contributed by atoms with Crippen LogP contribution in [0.3, 0.4) is 0 Å². The Kier molecular flexibility index (Phi) is 5.07. The van der Waals surface area contributed by atoms with E-state index in [0.29, 0.717) is 0 Å². The van der Waals surface area contributed by atoms with Gasteiger partial charge in [-0.2, -0.15) is 0 Å². The van der Waals surface area contributed by atoms with Gasteiger partial charge in [0.25, 0.3) is 0 Å². The minimum atomic E-state index is -0.198. The zero-order valence-corrected chi connectivity index (χ0v) is 13.2. The van der Waals surface area contributed by atoms with Gasteiger partial charge in [-0.15, -0.1) is 0 Å². The molecule has 3 heteroatoms. The molecular weight excluding hydrogens is 263 g/mol. The van der Waals surface area contributed by atoms with Crippen LogP contribution in [-0.2, 0) is 0 Å². The molecule has 2 aromatic rings. The number of nitrogens with one attached hydrogen (secondary N) is 1. The van der Waals surface area contributed by atoms with Crippen molar-refractivity contribution in [1.82, 2.24) is 10.3 Å². The molecule has 2 rings (SSSR count). The highest BCUT2D eigenvalue weighted by atomic mass is 19.1. The molecule has 0 aliphatic heterocycles. The van der Waals surface area contributed by atoms with E-state index in [1.54, 1.807) is 6.07 Å². The van der Waals surface area contributed by atoms with Gasteiger partial charge in [0.05, 0.1) is 6.04 Å². The fourth-order valence-electron chi connectivity index (χ4n) is 2.60. The smallest absolute Gasteiger partial charge is 0.123 e. The molecule has 2 nitrogen and oxygen atoms in total. The zero-order valence-electron chi connectivity index (χ0n) is 13.2. The lowest BCUT2D eigenvalue weighted by atomic mass is 9.93. The first kappa shape index (κ1) is 15.6. The standard InChI is InChI=1S/C18H23FN2/c1-5-10-20-18(16-9-7-13(3)21-14(16)4)17-11-15(19)8-6-12(17)2/h6-9,11,18,20H,5,10H2,1-4H3. The van der Waals surface area contributed by atoms with Gasteiger partial charge in [0.1, 0.15) is 5.82 Å². The monoisotopic (exact) mass is 286 g/mol. The molecule has 0 radical (unpaired) electrons. The highest BCUT2D eigenvalue weighted by Crippen LogP contribution is 2.27. The fourth-order valence-corrected chi connectivity index (χ4v) is 2.60. The van der Waals surface area contributed by atoms with E-state index in [4.69, 9.17) is 0 Å². The summed E-state index contributed by atoms with van der Waals surface area (Å²) in [5.74, 6) is -0.198. The molecule has 0 bridgehead atoms. The van der Waals surface area contributed by atoms with Gasteiger partial charge in [-0.1, -0.05) is 19.1 Å². The summed E-state index contributed by atoms with van der Waals surface area (Å²) in [6.45, 7) is 9.03. The van der Waals surface area contributed by atoms with Gasteiger partial charge >= 0.3 is 0 Å². The van der Waals surface area contributed by atoms with E-state index in [1.165, 1.54) is 6.07 Å². The number of hydrogen-bond acceptors (Lipinski definition) is 2. The Hall–Kier alpha value is -1.74. The summed E-state index contributed by atoms with van der Waals surface area (Å²) in [6, 6.07) is 9.06. The first-order chi connectivity index (χ1) is 10.0. The average molecular weight is 286 g/mol. The Labute approximate surface area is 126 Å². The van der Waals surface area contributed by atoms with E-state index in [1.807, 2.05) is 32.9 Å². The number of aryl methyl sites for hydroxylation is 3. The molecule has 21 heavy (non-hydrogen) atoms. The number of pyridine rings is 1. The molecule has 0 aliphatic rings. The molecule has 1 N–H and O–H groups in total. The number of aromatic nitrogens is 1. The van der Waals surface area contributed by atoms with Crippen molar-refractivity contribution in [2.45, 2.75) is 40.2 Å². The quantitative estimate of drug-likeness (QED) is 0.889. The Morgan fingerprint density at radius 3 is 2.52 bits per heavy atom. The van der Waals surface area contributed by atoms with Gasteiger partial charge in [-0.05, 0) is 68.6 Å². The van der Waals surface area contributed by atoms with Gasteiger partial charge < -0.3 is 5.32 Å². The lowest BCUT2D eigenvalue weighted by molar-refractivity contribution is 0.579. The molecule has 112 valence electrons. The van der Waals surface area contributed by atoms with Crippen LogP contribution in [0.2, 0.25) is 0 Å². The van der Waals surface area contributed by atoms with E-state index >= 15 is 0 Å². The van der Waals surface area contributed by atoms with Gasteiger partial charge in [0.15, 0.2) is 0 Å². The maximum Gasteiger partial charge on any atom is 0.123 e. The molecule has 0 fully saturated rings. The normalized spacial score (nSPS) is 12.4. The van der Waals surface area contributed by atoms with Gasteiger partial charge in [0.2, 0.25) is 0 Å². The summed E-state index contributed by atoms with van der Waals surface area (Å²) in [7, 11) is 0. The number of hydrogen-bond donors (Lipinski definition) is 1. The van der Waals surface area contributed by atoms with Crippen molar-refractivity contribution in [3.05, 3.63) is 64.2 Å². The number of halogens is 1. The van der Waals surface area contributed by atoms with Crippen LogP contribution >= 0.6 is 0 Å². The highest BCUT2D eigenvalue weighted by molar-refractivity contribution is 5.39. The van der Waals surface area contributed by atoms with Crippen molar-refractivity contribution in [1.29, 1.82) is 0 Å². The molecule has 1 heterocycles. The molecule has 0 aliphatic carbocycles. The van der Waals surface area contributed by atoms with Crippen LogP contribution in [0, 0.1) is 26.6 Å². The minimum absolute atomic E-state index is 0.0197. The summed E-state index contributed by atoms with van der Waals surface area (Å²) in [6.07, 6.45) is 1.03. The summed E-state index contributed by atoms with van der Waals surface area (Å²) in [4.78, 5) is 4.55. The maximum atomic E-state index is 13.7. The van der Waals surface area contributed by atoms with Crippen molar-refractivity contribution in [2.24, 2.45) is 0 Å². The van der Waals surface area contributed by atoms with Crippen LogP contribution in [0.25, 0.3) is 0 Å². The summed E-state index contributed by atoms with van der Waals surface area (Å²) < 4.78 is 13.7. The molecule has 0 saturated heterocycles. The van der Waals surface area contributed by atoms with Crippen molar-refractivity contribution < 1.29 is 4.39 Å². The van der Waals surface area contributed by atoms with Crippen LogP contribution in [0.15, 0.2) is 30.3 Å². The molecule has 0 spiro atoms. The molecule has 1 atom stereocenters. The topological polar surface area (TPSA) is 24.9 Å². The van der Waals surface area contributed by atoms with Crippen LogP contribution in [-0.4, -0.2) is 11.5 Å². The number of nitrogens with zero attached hydrogens (tertiary/aromatic N) is 1.